The number of benzene rings is 2. The smallest absolute Gasteiger partial charge is 0.412 e. The molecule has 4 rings (SSSR count). The van der Waals surface area contributed by atoms with Gasteiger partial charge in [0.25, 0.3) is 5.91 Å². The molecule has 3 N–H and O–H groups in total. The largest absolute Gasteiger partial charge is 0.465 e. The first-order valence-electron chi connectivity index (χ1n) is 10.1. The molecule has 2 aliphatic rings. The van der Waals surface area contributed by atoms with Crippen LogP contribution >= 0.6 is 0 Å². The predicted octanol–water partition coefficient (Wildman–Crippen LogP) is 2.75. The standard InChI is InChI=1S/C23H23N3O5/c1-12-3-7-18(20(13(12)2)16-6-8-19(27)25-22(16)29)26(23(30)31)11-14-4-5-15-10-24-21(28)17(15)9-14/h3-5,7,9,16H,6,8,10-11H2,1-2H3,(H,24,28)(H,30,31)(H,25,27,29). The second-order valence-electron chi connectivity index (χ2n) is 7.99. The number of carboxylic acid groups (broad SMARTS) is 1. The zero-order chi connectivity index (χ0) is 22.3. The minimum atomic E-state index is -1.17. The van der Waals surface area contributed by atoms with E-state index in [-0.39, 0.29) is 24.8 Å². The minimum Gasteiger partial charge on any atom is -0.465 e. The summed E-state index contributed by atoms with van der Waals surface area (Å²) in [6, 6.07) is 8.87. The normalized spacial score (nSPS) is 17.7. The molecule has 160 valence electrons. The van der Waals surface area contributed by atoms with Crippen molar-refractivity contribution in [2.45, 2.75) is 45.7 Å². The van der Waals surface area contributed by atoms with E-state index >= 15 is 0 Å². The van der Waals surface area contributed by atoms with E-state index < -0.39 is 17.9 Å². The number of hydrogen-bond donors (Lipinski definition) is 3. The average molecular weight is 421 g/mol. The van der Waals surface area contributed by atoms with Gasteiger partial charge >= 0.3 is 6.09 Å². The zero-order valence-electron chi connectivity index (χ0n) is 17.3. The highest BCUT2D eigenvalue weighted by atomic mass is 16.4. The second-order valence-corrected chi connectivity index (χ2v) is 7.99. The Labute approximate surface area is 179 Å². The van der Waals surface area contributed by atoms with E-state index in [9.17, 15) is 24.3 Å². The highest BCUT2D eigenvalue weighted by Gasteiger charge is 2.33. The molecule has 1 saturated heterocycles. The number of anilines is 1. The van der Waals surface area contributed by atoms with Crippen LogP contribution in [-0.2, 0) is 22.7 Å². The van der Waals surface area contributed by atoms with Crippen LogP contribution in [0.15, 0.2) is 30.3 Å². The van der Waals surface area contributed by atoms with Crippen LogP contribution in [-0.4, -0.2) is 28.9 Å². The van der Waals surface area contributed by atoms with Crippen molar-refractivity contribution in [3.05, 3.63) is 63.7 Å². The molecule has 2 heterocycles. The number of rotatable bonds is 4. The molecular weight excluding hydrogens is 398 g/mol. The summed E-state index contributed by atoms with van der Waals surface area (Å²) < 4.78 is 0. The van der Waals surface area contributed by atoms with Gasteiger partial charge in [-0.1, -0.05) is 18.2 Å². The topological polar surface area (TPSA) is 116 Å². The van der Waals surface area contributed by atoms with Gasteiger partial charge in [0.05, 0.1) is 18.2 Å². The maximum atomic E-state index is 12.6. The third-order valence-corrected chi connectivity index (χ3v) is 6.07. The third kappa shape index (κ3) is 3.76. The minimum absolute atomic E-state index is 0.0265. The van der Waals surface area contributed by atoms with Crippen molar-refractivity contribution in [2.24, 2.45) is 0 Å². The van der Waals surface area contributed by atoms with Crippen LogP contribution in [0.1, 0.15) is 56.9 Å². The van der Waals surface area contributed by atoms with Crippen molar-refractivity contribution >= 4 is 29.5 Å². The lowest BCUT2D eigenvalue weighted by molar-refractivity contribution is -0.134. The second kappa shape index (κ2) is 7.86. The highest BCUT2D eigenvalue weighted by molar-refractivity contribution is 6.02. The lowest BCUT2D eigenvalue weighted by atomic mass is 9.84. The van der Waals surface area contributed by atoms with Gasteiger partial charge in [-0.2, -0.15) is 0 Å². The summed E-state index contributed by atoms with van der Waals surface area (Å²) in [7, 11) is 0. The van der Waals surface area contributed by atoms with Crippen molar-refractivity contribution in [1.82, 2.24) is 10.6 Å². The van der Waals surface area contributed by atoms with E-state index in [0.29, 0.717) is 35.3 Å². The van der Waals surface area contributed by atoms with E-state index in [0.717, 1.165) is 16.7 Å². The predicted molar refractivity (Wildman–Crippen MR) is 113 cm³/mol. The number of carbonyl (C=O) groups is 4. The first kappa shape index (κ1) is 20.6. The molecule has 4 amide bonds. The lowest BCUT2D eigenvalue weighted by Crippen LogP contribution is -2.40. The Bertz CT molecular complexity index is 1120. The summed E-state index contributed by atoms with van der Waals surface area (Å²) in [5, 5.41) is 15.1. The fourth-order valence-electron chi connectivity index (χ4n) is 4.26. The van der Waals surface area contributed by atoms with Crippen LogP contribution in [0.4, 0.5) is 10.5 Å². The van der Waals surface area contributed by atoms with Crippen LogP contribution in [0, 0.1) is 13.8 Å². The molecule has 31 heavy (non-hydrogen) atoms. The van der Waals surface area contributed by atoms with Crippen LogP contribution in [0.5, 0.6) is 0 Å². The van der Waals surface area contributed by atoms with Crippen LogP contribution in [0.2, 0.25) is 0 Å². The van der Waals surface area contributed by atoms with Gasteiger partial charge in [0, 0.05) is 18.5 Å². The van der Waals surface area contributed by atoms with Gasteiger partial charge in [-0.15, -0.1) is 0 Å². The number of carbonyl (C=O) groups excluding carboxylic acids is 3. The number of piperidine rings is 1. The number of hydrogen-bond acceptors (Lipinski definition) is 4. The number of imide groups is 1. The Morgan fingerprint density at radius 2 is 1.94 bits per heavy atom. The van der Waals surface area contributed by atoms with E-state index in [1.54, 1.807) is 12.1 Å². The summed E-state index contributed by atoms with van der Waals surface area (Å²) >= 11 is 0. The van der Waals surface area contributed by atoms with Crippen molar-refractivity contribution in [3.8, 4) is 0 Å². The monoisotopic (exact) mass is 421 g/mol. The van der Waals surface area contributed by atoms with Gasteiger partial charge in [-0.05, 0) is 60.2 Å². The van der Waals surface area contributed by atoms with Gasteiger partial charge < -0.3 is 10.4 Å². The van der Waals surface area contributed by atoms with Crippen LogP contribution < -0.4 is 15.5 Å². The summed E-state index contributed by atoms with van der Waals surface area (Å²) in [5.74, 6) is -1.51. The van der Waals surface area contributed by atoms with Crippen LogP contribution in [0.3, 0.4) is 0 Å². The summed E-state index contributed by atoms with van der Waals surface area (Å²) in [4.78, 5) is 49.7. The van der Waals surface area contributed by atoms with Crippen molar-refractivity contribution in [3.63, 3.8) is 0 Å². The Kier molecular flexibility index (Phi) is 5.22. The summed E-state index contributed by atoms with van der Waals surface area (Å²) in [6.45, 7) is 4.25. The Hall–Kier alpha value is -3.68. The molecule has 0 bridgehead atoms. The number of amides is 4. The Morgan fingerprint density at radius 3 is 2.65 bits per heavy atom. The van der Waals surface area contributed by atoms with E-state index in [2.05, 4.69) is 10.6 Å². The molecule has 0 aromatic heterocycles. The zero-order valence-corrected chi connectivity index (χ0v) is 17.3. The number of fused-ring (bicyclic) bond motifs is 1. The van der Waals surface area contributed by atoms with Gasteiger partial charge in [-0.25, -0.2) is 4.79 Å². The third-order valence-electron chi connectivity index (χ3n) is 6.07. The molecule has 2 aromatic rings. The molecule has 8 nitrogen and oxygen atoms in total. The highest BCUT2D eigenvalue weighted by Crippen LogP contribution is 2.37. The van der Waals surface area contributed by atoms with Gasteiger partial charge in [0.1, 0.15) is 0 Å². The Morgan fingerprint density at radius 1 is 1.16 bits per heavy atom. The molecule has 1 fully saturated rings. The molecule has 8 heteroatoms. The first-order valence-corrected chi connectivity index (χ1v) is 10.1. The van der Waals surface area contributed by atoms with E-state index in [4.69, 9.17) is 0 Å². The van der Waals surface area contributed by atoms with Crippen molar-refractivity contribution in [1.29, 1.82) is 0 Å². The molecule has 0 radical (unpaired) electrons. The number of nitrogens with one attached hydrogen (secondary N) is 2. The maximum absolute atomic E-state index is 12.6. The molecular formula is C23H23N3O5. The Balaban J connectivity index is 1.76. The molecule has 1 unspecified atom stereocenters. The lowest BCUT2D eigenvalue weighted by Gasteiger charge is -2.30. The van der Waals surface area contributed by atoms with Gasteiger partial charge in [-0.3, -0.25) is 24.6 Å². The number of nitrogens with zero attached hydrogens (tertiary/aromatic N) is 1. The van der Waals surface area contributed by atoms with Gasteiger partial charge in [0.2, 0.25) is 11.8 Å². The molecule has 2 aliphatic heterocycles. The van der Waals surface area contributed by atoms with Crippen LogP contribution in [0.25, 0.3) is 0 Å². The summed E-state index contributed by atoms with van der Waals surface area (Å²) in [6.07, 6.45) is -0.633. The van der Waals surface area contributed by atoms with Crippen molar-refractivity contribution in [2.75, 3.05) is 4.90 Å². The quantitative estimate of drug-likeness (QED) is 0.657. The summed E-state index contributed by atoms with van der Waals surface area (Å²) in [5.41, 5.74) is 4.89. The molecule has 2 aromatic carbocycles. The first-order chi connectivity index (χ1) is 14.8. The fraction of sp³-hybridized carbons (Fsp3) is 0.304. The maximum Gasteiger partial charge on any atom is 0.412 e. The number of aryl methyl sites for hydroxylation is 1. The van der Waals surface area contributed by atoms with Crippen molar-refractivity contribution < 1.29 is 24.3 Å². The molecule has 0 spiro atoms. The van der Waals surface area contributed by atoms with Gasteiger partial charge in [0.15, 0.2) is 0 Å². The molecule has 0 aliphatic carbocycles. The SMILES string of the molecule is Cc1ccc(N(Cc2ccc3c(c2)C(=O)NC3)C(=O)O)c(C2CCC(=O)NC2=O)c1C. The molecule has 0 saturated carbocycles. The average Bonchev–Trinajstić information content (AvgIpc) is 3.09. The van der Waals surface area contributed by atoms with E-state index in [1.807, 2.05) is 32.0 Å². The molecule has 1 atom stereocenters. The fourth-order valence-corrected chi connectivity index (χ4v) is 4.26. The van der Waals surface area contributed by atoms with E-state index in [1.165, 1.54) is 4.90 Å².